The van der Waals surface area contributed by atoms with Gasteiger partial charge in [0.2, 0.25) is 0 Å². The highest BCUT2D eigenvalue weighted by molar-refractivity contribution is 5.79. The van der Waals surface area contributed by atoms with Crippen LogP contribution in [-0.2, 0) is 4.79 Å². The van der Waals surface area contributed by atoms with Gasteiger partial charge in [-0.2, -0.15) is 0 Å². The number of nitrogens with zero attached hydrogens (tertiary/aromatic N) is 1. The summed E-state index contributed by atoms with van der Waals surface area (Å²) in [5.41, 5.74) is -0.378. The van der Waals surface area contributed by atoms with Crippen molar-refractivity contribution in [3.05, 3.63) is 0 Å². The smallest absolute Gasteiger partial charge is 0.317 e. The Kier molecular flexibility index (Phi) is 2.76. The van der Waals surface area contributed by atoms with E-state index in [4.69, 9.17) is 5.11 Å². The summed E-state index contributed by atoms with van der Waals surface area (Å²) in [5.74, 6) is 0.0232. The molecule has 0 radical (unpaired) electrons. The molecule has 0 spiro atoms. The van der Waals surface area contributed by atoms with Crippen LogP contribution in [-0.4, -0.2) is 41.6 Å². The van der Waals surface area contributed by atoms with Crippen molar-refractivity contribution in [3.63, 3.8) is 0 Å². The number of likely N-dealkylation sites (tertiary alicyclic amines) is 1. The number of hydrogen-bond donors (Lipinski definition) is 2. The van der Waals surface area contributed by atoms with Gasteiger partial charge in [-0.05, 0) is 50.4 Å². The third-order valence-electron chi connectivity index (χ3n) is 5.20. The number of aliphatic carboxylic acids is 1. The minimum Gasteiger partial charge on any atom is -0.481 e. The van der Waals surface area contributed by atoms with Crippen molar-refractivity contribution in [2.75, 3.05) is 19.6 Å². The van der Waals surface area contributed by atoms with Crippen molar-refractivity contribution >= 4 is 12.0 Å². The predicted octanol–water partition coefficient (Wildman–Crippen LogP) is 1.68. The SMILES string of the molecule is CC1(C(=O)O)CCN(C(=O)NCC2(C3CC3)CC2)C1. The largest absolute Gasteiger partial charge is 0.481 e. The molecule has 0 aromatic carbocycles. The van der Waals surface area contributed by atoms with E-state index in [1.807, 2.05) is 0 Å². The van der Waals surface area contributed by atoms with Crippen molar-refractivity contribution in [1.82, 2.24) is 10.2 Å². The van der Waals surface area contributed by atoms with Crippen LogP contribution in [0, 0.1) is 16.7 Å². The second-order valence-corrected chi connectivity index (χ2v) is 6.83. The molecule has 3 fully saturated rings. The Bertz CT molecular complexity index is 415. The van der Waals surface area contributed by atoms with Crippen molar-refractivity contribution in [3.8, 4) is 0 Å². The van der Waals surface area contributed by atoms with E-state index in [2.05, 4.69) is 5.32 Å². The third-order valence-corrected chi connectivity index (χ3v) is 5.20. The second-order valence-electron chi connectivity index (χ2n) is 6.83. The van der Waals surface area contributed by atoms with Crippen molar-refractivity contribution in [1.29, 1.82) is 0 Å². The van der Waals surface area contributed by atoms with Gasteiger partial charge in [0.05, 0.1) is 5.41 Å². The van der Waals surface area contributed by atoms with E-state index >= 15 is 0 Å². The molecule has 19 heavy (non-hydrogen) atoms. The maximum Gasteiger partial charge on any atom is 0.317 e. The minimum atomic E-state index is -0.806. The molecule has 0 aromatic rings. The fourth-order valence-corrected chi connectivity index (χ4v) is 3.26. The molecule has 2 saturated carbocycles. The lowest BCUT2D eigenvalue weighted by Crippen LogP contribution is -2.43. The quantitative estimate of drug-likeness (QED) is 0.813. The summed E-state index contributed by atoms with van der Waals surface area (Å²) in [6.07, 6.45) is 5.66. The Labute approximate surface area is 113 Å². The number of rotatable bonds is 4. The van der Waals surface area contributed by atoms with Gasteiger partial charge >= 0.3 is 12.0 Å². The van der Waals surface area contributed by atoms with Crippen LogP contribution in [0.25, 0.3) is 0 Å². The molecule has 1 saturated heterocycles. The number of carboxylic acid groups (broad SMARTS) is 1. The van der Waals surface area contributed by atoms with Crippen LogP contribution in [0.1, 0.15) is 39.0 Å². The van der Waals surface area contributed by atoms with Gasteiger partial charge in [-0.3, -0.25) is 4.79 Å². The first-order valence-corrected chi connectivity index (χ1v) is 7.21. The van der Waals surface area contributed by atoms with Crippen LogP contribution in [0.15, 0.2) is 0 Å². The number of amides is 2. The van der Waals surface area contributed by atoms with E-state index in [-0.39, 0.29) is 6.03 Å². The van der Waals surface area contributed by atoms with Crippen molar-refractivity contribution in [2.24, 2.45) is 16.7 Å². The Morgan fingerprint density at radius 3 is 2.47 bits per heavy atom. The van der Waals surface area contributed by atoms with E-state index in [0.717, 1.165) is 12.5 Å². The zero-order valence-corrected chi connectivity index (χ0v) is 11.4. The van der Waals surface area contributed by atoms with Gasteiger partial charge in [-0.1, -0.05) is 0 Å². The zero-order chi connectivity index (χ0) is 13.7. The highest BCUT2D eigenvalue weighted by Gasteiger charge is 2.53. The van der Waals surface area contributed by atoms with Gasteiger partial charge in [0.15, 0.2) is 0 Å². The molecule has 2 amide bonds. The van der Waals surface area contributed by atoms with Crippen LogP contribution in [0.4, 0.5) is 4.79 Å². The average Bonchev–Trinajstić information content (AvgIpc) is 3.25. The molecule has 5 heteroatoms. The van der Waals surface area contributed by atoms with E-state index < -0.39 is 11.4 Å². The molecule has 0 aromatic heterocycles. The summed E-state index contributed by atoms with van der Waals surface area (Å²) in [6, 6.07) is -0.0862. The van der Waals surface area contributed by atoms with Gasteiger partial charge in [-0.15, -0.1) is 0 Å². The van der Waals surface area contributed by atoms with Gasteiger partial charge in [0.1, 0.15) is 0 Å². The standard InChI is InChI=1S/C14H22N2O3/c1-13(11(17)18)6-7-16(9-13)12(19)15-8-14(4-5-14)10-2-3-10/h10H,2-9H2,1H3,(H,15,19)(H,17,18). The van der Waals surface area contributed by atoms with Gasteiger partial charge < -0.3 is 15.3 Å². The molecule has 106 valence electrons. The molecule has 3 aliphatic rings. The summed E-state index contributed by atoms with van der Waals surface area (Å²) in [7, 11) is 0. The monoisotopic (exact) mass is 266 g/mol. The van der Waals surface area contributed by atoms with Crippen LogP contribution < -0.4 is 5.32 Å². The van der Waals surface area contributed by atoms with Crippen LogP contribution in [0.2, 0.25) is 0 Å². The van der Waals surface area contributed by atoms with E-state index in [9.17, 15) is 9.59 Å². The molecular weight excluding hydrogens is 244 g/mol. The number of nitrogens with one attached hydrogen (secondary N) is 1. The van der Waals surface area contributed by atoms with Crippen LogP contribution in [0.3, 0.4) is 0 Å². The summed E-state index contributed by atoms with van der Waals surface area (Å²) in [4.78, 5) is 24.9. The van der Waals surface area contributed by atoms with Gasteiger partial charge in [0.25, 0.3) is 0 Å². The molecule has 1 heterocycles. The first-order valence-electron chi connectivity index (χ1n) is 7.21. The molecule has 5 nitrogen and oxygen atoms in total. The first-order chi connectivity index (χ1) is 8.95. The summed E-state index contributed by atoms with van der Waals surface area (Å²) in [5, 5.41) is 12.2. The highest BCUT2D eigenvalue weighted by atomic mass is 16.4. The lowest BCUT2D eigenvalue weighted by Gasteiger charge is -2.22. The minimum absolute atomic E-state index is 0.0862. The molecule has 2 N–H and O–H groups in total. The summed E-state index contributed by atoms with van der Waals surface area (Å²) in [6.45, 7) is 3.36. The molecule has 1 aliphatic heterocycles. The fraction of sp³-hybridized carbons (Fsp3) is 0.857. The maximum atomic E-state index is 12.1. The normalized spacial score (nSPS) is 32.2. The zero-order valence-electron chi connectivity index (χ0n) is 11.4. The first kappa shape index (κ1) is 12.8. The summed E-state index contributed by atoms with van der Waals surface area (Å²) >= 11 is 0. The molecule has 3 rings (SSSR count). The number of hydrogen-bond acceptors (Lipinski definition) is 2. The summed E-state index contributed by atoms with van der Waals surface area (Å²) < 4.78 is 0. The Hall–Kier alpha value is -1.26. The lowest BCUT2D eigenvalue weighted by atomic mass is 9.90. The molecular formula is C14H22N2O3. The molecule has 1 unspecified atom stereocenters. The second kappa shape index (κ2) is 4.12. The Morgan fingerprint density at radius 1 is 1.32 bits per heavy atom. The lowest BCUT2D eigenvalue weighted by molar-refractivity contribution is -0.146. The fourth-order valence-electron chi connectivity index (χ4n) is 3.26. The van der Waals surface area contributed by atoms with E-state index in [1.165, 1.54) is 25.7 Å². The van der Waals surface area contributed by atoms with Gasteiger partial charge in [0, 0.05) is 19.6 Å². The Balaban J connectivity index is 1.50. The Morgan fingerprint density at radius 2 is 2.00 bits per heavy atom. The third kappa shape index (κ3) is 2.30. The van der Waals surface area contributed by atoms with E-state index in [0.29, 0.717) is 24.9 Å². The number of carboxylic acids is 1. The maximum absolute atomic E-state index is 12.1. The molecule has 0 bridgehead atoms. The number of carbonyl (C=O) groups is 2. The highest BCUT2D eigenvalue weighted by Crippen LogP contribution is 2.60. The predicted molar refractivity (Wildman–Crippen MR) is 69.7 cm³/mol. The topological polar surface area (TPSA) is 69.6 Å². The van der Waals surface area contributed by atoms with E-state index in [1.54, 1.807) is 11.8 Å². The van der Waals surface area contributed by atoms with Crippen LogP contribution in [0.5, 0.6) is 0 Å². The number of urea groups is 1. The van der Waals surface area contributed by atoms with Crippen LogP contribution >= 0.6 is 0 Å². The van der Waals surface area contributed by atoms with Crippen molar-refractivity contribution < 1.29 is 14.7 Å². The molecule has 2 aliphatic carbocycles. The molecule has 1 atom stereocenters. The van der Waals surface area contributed by atoms with Gasteiger partial charge in [-0.25, -0.2) is 4.79 Å². The number of carbonyl (C=O) groups excluding carboxylic acids is 1. The van der Waals surface area contributed by atoms with Crippen molar-refractivity contribution in [2.45, 2.75) is 39.0 Å². The average molecular weight is 266 g/mol.